The molecule has 0 radical (unpaired) electrons. The Morgan fingerprint density at radius 1 is 1.62 bits per heavy atom. The molecule has 0 aromatic rings. The van der Waals surface area contributed by atoms with E-state index < -0.39 is 0 Å². The van der Waals surface area contributed by atoms with E-state index in [2.05, 4.69) is 18.8 Å². The lowest BCUT2D eigenvalue weighted by Crippen LogP contribution is -2.45. The van der Waals surface area contributed by atoms with Gasteiger partial charge in [-0.05, 0) is 31.8 Å². The van der Waals surface area contributed by atoms with E-state index in [0.717, 1.165) is 24.8 Å². The Balaban J connectivity index is 2.10. The Bertz CT molecular complexity index is 349. The third-order valence-corrected chi connectivity index (χ3v) is 3.15. The standard InChI is InChI=1S/C12H18N2O2/c1-4-10-5-6-11(16-10)14-7-8(2)9(3)13-12(14)15/h7,10-11H,3-6H2,1-2H3,(H,13,15)/t10-,11?/m0/s1. The molecule has 0 aliphatic carbocycles. The molecule has 1 unspecified atom stereocenters. The van der Waals surface area contributed by atoms with Crippen LogP contribution in [0.2, 0.25) is 0 Å². The smallest absolute Gasteiger partial charge is 0.327 e. The molecular weight excluding hydrogens is 204 g/mol. The number of hydrogen-bond donors (Lipinski definition) is 1. The van der Waals surface area contributed by atoms with Crippen molar-refractivity contribution in [3.05, 3.63) is 24.0 Å². The van der Waals surface area contributed by atoms with Crippen LogP contribution < -0.4 is 5.32 Å². The van der Waals surface area contributed by atoms with E-state index in [0.29, 0.717) is 5.70 Å². The van der Waals surface area contributed by atoms with Gasteiger partial charge in [0.1, 0.15) is 6.23 Å². The maximum Gasteiger partial charge on any atom is 0.327 e. The quantitative estimate of drug-likeness (QED) is 0.779. The van der Waals surface area contributed by atoms with Crippen LogP contribution in [-0.4, -0.2) is 23.3 Å². The highest BCUT2D eigenvalue weighted by molar-refractivity contribution is 5.80. The summed E-state index contributed by atoms with van der Waals surface area (Å²) in [6.45, 7) is 7.81. The van der Waals surface area contributed by atoms with Gasteiger partial charge in [-0.25, -0.2) is 4.79 Å². The van der Waals surface area contributed by atoms with Gasteiger partial charge < -0.3 is 10.1 Å². The molecule has 1 N–H and O–H groups in total. The fraction of sp³-hybridized carbons (Fsp3) is 0.583. The molecule has 4 nitrogen and oxygen atoms in total. The molecule has 0 aromatic carbocycles. The Kier molecular flexibility index (Phi) is 3.01. The molecule has 2 aliphatic rings. The SMILES string of the molecule is C=C1NC(=O)N(C2CC[C@H](CC)O2)C=C1C. The monoisotopic (exact) mass is 222 g/mol. The van der Waals surface area contributed by atoms with Gasteiger partial charge in [-0.15, -0.1) is 0 Å². The van der Waals surface area contributed by atoms with Crippen molar-refractivity contribution in [1.29, 1.82) is 0 Å². The first-order valence-electron chi connectivity index (χ1n) is 5.74. The number of amides is 2. The highest BCUT2D eigenvalue weighted by Gasteiger charge is 2.33. The van der Waals surface area contributed by atoms with Gasteiger partial charge >= 0.3 is 6.03 Å². The van der Waals surface area contributed by atoms with Crippen molar-refractivity contribution in [3.63, 3.8) is 0 Å². The first-order valence-corrected chi connectivity index (χ1v) is 5.74. The zero-order valence-electron chi connectivity index (χ0n) is 9.82. The molecule has 0 spiro atoms. The number of nitrogens with one attached hydrogen (secondary N) is 1. The molecule has 2 aliphatic heterocycles. The predicted molar refractivity (Wildman–Crippen MR) is 61.5 cm³/mol. The molecule has 4 heteroatoms. The first-order chi connectivity index (χ1) is 7.61. The Hall–Kier alpha value is -1.29. The van der Waals surface area contributed by atoms with Crippen LogP contribution in [0.25, 0.3) is 0 Å². The van der Waals surface area contributed by atoms with Gasteiger partial charge in [0, 0.05) is 11.9 Å². The van der Waals surface area contributed by atoms with Gasteiger partial charge in [0.05, 0.1) is 6.10 Å². The van der Waals surface area contributed by atoms with Gasteiger partial charge in [0.25, 0.3) is 0 Å². The topological polar surface area (TPSA) is 41.6 Å². The van der Waals surface area contributed by atoms with Gasteiger partial charge in [-0.2, -0.15) is 0 Å². The summed E-state index contributed by atoms with van der Waals surface area (Å²) in [5.74, 6) is 0. The summed E-state index contributed by atoms with van der Waals surface area (Å²) in [6, 6.07) is -0.141. The highest BCUT2D eigenvalue weighted by Crippen LogP contribution is 2.27. The molecule has 0 saturated carbocycles. The molecule has 88 valence electrons. The van der Waals surface area contributed by atoms with Crippen molar-refractivity contribution in [2.24, 2.45) is 0 Å². The van der Waals surface area contributed by atoms with Gasteiger partial charge in [-0.1, -0.05) is 13.5 Å². The fourth-order valence-corrected chi connectivity index (χ4v) is 2.04. The molecule has 2 atom stereocenters. The van der Waals surface area contributed by atoms with E-state index in [1.807, 2.05) is 13.1 Å². The Labute approximate surface area is 95.9 Å². The Morgan fingerprint density at radius 2 is 2.38 bits per heavy atom. The number of allylic oxidation sites excluding steroid dienone is 1. The van der Waals surface area contributed by atoms with Crippen LogP contribution in [0.5, 0.6) is 0 Å². The van der Waals surface area contributed by atoms with Crippen molar-refractivity contribution < 1.29 is 9.53 Å². The molecule has 0 aromatic heterocycles. The molecule has 2 rings (SSSR count). The second kappa shape index (κ2) is 4.29. The second-order valence-electron chi connectivity index (χ2n) is 4.33. The number of ether oxygens (including phenoxy) is 1. The lowest BCUT2D eigenvalue weighted by atomic mass is 10.2. The van der Waals surface area contributed by atoms with Crippen LogP contribution in [0, 0.1) is 0 Å². The molecule has 1 fully saturated rings. The van der Waals surface area contributed by atoms with E-state index >= 15 is 0 Å². The molecular formula is C12H18N2O2. The summed E-state index contributed by atoms with van der Waals surface area (Å²) in [4.78, 5) is 13.4. The van der Waals surface area contributed by atoms with Gasteiger partial charge in [0.15, 0.2) is 0 Å². The normalized spacial score (nSPS) is 30.4. The minimum absolute atomic E-state index is 0.118. The van der Waals surface area contributed by atoms with Crippen LogP contribution in [0.4, 0.5) is 4.79 Å². The summed E-state index contributed by atoms with van der Waals surface area (Å²) in [5.41, 5.74) is 1.65. The summed E-state index contributed by atoms with van der Waals surface area (Å²) < 4.78 is 5.79. The summed E-state index contributed by atoms with van der Waals surface area (Å²) in [6.07, 6.45) is 4.93. The maximum atomic E-state index is 11.8. The summed E-state index contributed by atoms with van der Waals surface area (Å²) in [7, 11) is 0. The molecule has 0 bridgehead atoms. The summed E-state index contributed by atoms with van der Waals surface area (Å²) >= 11 is 0. The van der Waals surface area contributed by atoms with E-state index in [4.69, 9.17) is 4.74 Å². The minimum Gasteiger partial charge on any atom is -0.355 e. The lowest BCUT2D eigenvalue weighted by molar-refractivity contribution is -0.0181. The first kappa shape index (κ1) is 11.2. The number of nitrogens with zero attached hydrogens (tertiary/aromatic N) is 1. The minimum atomic E-state index is -0.141. The van der Waals surface area contributed by atoms with Crippen LogP contribution in [0.15, 0.2) is 24.0 Å². The zero-order valence-corrected chi connectivity index (χ0v) is 9.82. The van der Waals surface area contributed by atoms with Crippen molar-refractivity contribution in [2.75, 3.05) is 0 Å². The zero-order chi connectivity index (χ0) is 11.7. The van der Waals surface area contributed by atoms with Crippen LogP contribution in [0.3, 0.4) is 0 Å². The number of carbonyl (C=O) groups is 1. The van der Waals surface area contributed by atoms with Crippen LogP contribution in [-0.2, 0) is 4.74 Å². The third-order valence-electron chi connectivity index (χ3n) is 3.15. The second-order valence-corrected chi connectivity index (χ2v) is 4.33. The third kappa shape index (κ3) is 1.97. The van der Waals surface area contributed by atoms with Gasteiger partial charge in [0.2, 0.25) is 0 Å². The largest absolute Gasteiger partial charge is 0.355 e. The van der Waals surface area contributed by atoms with E-state index in [1.165, 1.54) is 0 Å². The van der Waals surface area contributed by atoms with E-state index in [-0.39, 0.29) is 18.4 Å². The molecule has 16 heavy (non-hydrogen) atoms. The van der Waals surface area contributed by atoms with Gasteiger partial charge in [-0.3, -0.25) is 4.90 Å². The fourth-order valence-electron chi connectivity index (χ4n) is 2.04. The highest BCUT2D eigenvalue weighted by atomic mass is 16.5. The maximum absolute atomic E-state index is 11.8. The average molecular weight is 222 g/mol. The predicted octanol–water partition coefficient (Wildman–Crippen LogP) is 2.34. The van der Waals surface area contributed by atoms with Crippen molar-refractivity contribution in [1.82, 2.24) is 10.2 Å². The van der Waals surface area contributed by atoms with Crippen LogP contribution in [0.1, 0.15) is 33.1 Å². The molecule has 2 amide bonds. The number of rotatable bonds is 2. The molecule has 1 saturated heterocycles. The van der Waals surface area contributed by atoms with E-state index in [9.17, 15) is 4.79 Å². The number of carbonyl (C=O) groups excluding carboxylic acids is 1. The number of urea groups is 1. The summed E-state index contributed by atoms with van der Waals surface area (Å²) in [5, 5.41) is 2.73. The van der Waals surface area contributed by atoms with Crippen molar-refractivity contribution >= 4 is 6.03 Å². The molecule has 2 heterocycles. The Morgan fingerprint density at radius 3 is 3.00 bits per heavy atom. The lowest BCUT2D eigenvalue weighted by Gasteiger charge is -2.30. The van der Waals surface area contributed by atoms with Crippen molar-refractivity contribution in [3.8, 4) is 0 Å². The van der Waals surface area contributed by atoms with E-state index in [1.54, 1.807) is 4.90 Å². The number of hydrogen-bond acceptors (Lipinski definition) is 2. The average Bonchev–Trinajstić information content (AvgIpc) is 2.71. The van der Waals surface area contributed by atoms with Crippen molar-refractivity contribution in [2.45, 2.75) is 45.4 Å². The van der Waals surface area contributed by atoms with Crippen LogP contribution >= 0.6 is 0 Å².